The molecule has 0 unspecified atom stereocenters. The van der Waals surface area contributed by atoms with Crippen molar-refractivity contribution in [1.29, 1.82) is 0 Å². The maximum Gasteiger partial charge on any atom is 0.267 e. The molecule has 2 aromatic carbocycles. The Bertz CT molecular complexity index is 1170. The molecule has 1 amide bonds. The maximum absolute atomic E-state index is 13.4. The van der Waals surface area contributed by atoms with Gasteiger partial charge in [0.2, 0.25) is 5.13 Å². The van der Waals surface area contributed by atoms with Crippen molar-refractivity contribution in [3.63, 3.8) is 0 Å². The van der Waals surface area contributed by atoms with E-state index in [1.165, 1.54) is 29.5 Å². The van der Waals surface area contributed by atoms with Gasteiger partial charge in [-0.1, -0.05) is 77.7 Å². The Kier molecular flexibility index (Phi) is 6.57. The van der Waals surface area contributed by atoms with Crippen LogP contribution in [-0.4, -0.2) is 27.0 Å². The second-order valence-corrected chi connectivity index (χ2v) is 10.7. The Balaban J connectivity index is 1.47. The van der Waals surface area contributed by atoms with Crippen LogP contribution < -0.4 is 0 Å². The molecule has 2 fully saturated rings. The van der Waals surface area contributed by atoms with Gasteiger partial charge >= 0.3 is 0 Å². The predicted octanol–water partition coefficient (Wildman–Crippen LogP) is 7.51. The summed E-state index contributed by atoms with van der Waals surface area (Å²) < 4.78 is 1.02. The first kappa shape index (κ1) is 21.6. The smallest absolute Gasteiger partial charge is 0.267 e. The largest absolute Gasteiger partial charge is 0.283 e. The number of thioether (sulfide) groups is 1. The summed E-state index contributed by atoms with van der Waals surface area (Å²) in [4.78, 5) is 25.7. The van der Waals surface area contributed by atoms with E-state index in [0.29, 0.717) is 5.13 Å². The van der Waals surface area contributed by atoms with Crippen LogP contribution in [0, 0.1) is 0 Å². The van der Waals surface area contributed by atoms with E-state index >= 15 is 0 Å². The number of amidine groups is 1. The second kappa shape index (κ2) is 9.73. The van der Waals surface area contributed by atoms with E-state index in [1.54, 1.807) is 0 Å². The molecule has 7 heteroatoms. The van der Waals surface area contributed by atoms with E-state index in [1.807, 2.05) is 71.0 Å². The lowest BCUT2D eigenvalue weighted by Gasteiger charge is -2.30. The van der Waals surface area contributed by atoms with Gasteiger partial charge in [-0.25, -0.2) is 4.98 Å². The number of carbonyl (C=O) groups is 1. The summed E-state index contributed by atoms with van der Waals surface area (Å²) in [6.07, 6.45) is 7.59. The number of aliphatic imine (C=N–C) groups is 1. The Hall–Kier alpha value is -2.22. The number of amides is 1. The highest BCUT2D eigenvalue weighted by Gasteiger charge is 2.38. The first-order valence-corrected chi connectivity index (χ1v) is 13.2. The third kappa shape index (κ3) is 4.75. The molecule has 0 N–H and O–H groups in total. The van der Waals surface area contributed by atoms with Crippen LogP contribution in [-0.2, 0) is 4.79 Å². The van der Waals surface area contributed by atoms with Gasteiger partial charge in [0.1, 0.15) is 0 Å². The molecular formula is C25H22BrN3OS2. The van der Waals surface area contributed by atoms with E-state index < -0.39 is 0 Å². The van der Waals surface area contributed by atoms with E-state index in [4.69, 9.17) is 9.98 Å². The molecule has 0 spiro atoms. The maximum atomic E-state index is 13.4. The average molecular weight is 525 g/mol. The second-order valence-electron chi connectivity index (χ2n) is 7.90. The number of aromatic nitrogens is 1. The summed E-state index contributed by atoms with van der Waals surface area (Å²) in [5, 5.41) is 3.46. The van der Waals surface area contributed by atoms with Crippen molar-refractivity contribution < 1.29 is 4.79 Å². The monoisotopic (exact) mass is 523 g/mol. The highest BCUT2D eigenvalue weighted by atomic mass is 79.9. The molecule has 0 atom stereocenters. The van der Waals surface area contributed by atoms with Gasteiger partial charge in [0.25, 0.3) is 5.91 Å². The zero-order valence-electron chi connectivity index (χ0n) is 17.4. The molecule has 4 nitrogen and oxygen atoms in total. The molecule has 1 saturated carbocycles. The lowest BCUT2D eigenvalue weighted by atomic mass is 9.94. The summed E-state index contributed by atoms with van der Waals surface area (Å²) in [5.41, 5.74) is 3.00. The van der Waals surface area contributed by atoms with Gasteiger partial charge in [-0.2, -0.15) is 4.99 Å². The summed E-state index contributed by atoms with van der Waals surface area (Å²) in [5.74, 6) is 0.0587. The number of rotatable bonds is 4. The molecule has 3 aromatic rings. The quantitative estimate of drug-likeness (QED) is 0.332. The zero-order chi connectivity index (χ0) is 21.9. The first-order valence-electron chi connectivity index (χ1n) is 10.8. The molecule has 1 saturated heterocycles. The van der Waals surface area contributed by atoms with E-state index in [-0.39, 0.29) is 11.9 Å². The third-order valence-electron chi connectivity index (χ3n) is 5.70. The van der Waals surface area contributed by atoms with Crippen LogP contribution in [0.25, 0.3) is 17.3 Å². The normalized spacial score (nSPS) is 19.9. The van der Waals surface area contributed by atoms with Crippen LogP contribution in [0.15, 0.2) is 74.3 Å². The van der Waals surface area contributed by atoms with Crippen molar-refractivity contribution in [3.05, 3.63) is 74.9 Å². The van der Waals surface area contributed by atoms with Crippen LogP contribution in [0.5, 0.6) is 0 Å². The predicted molar refractivity (Wildman–Crippen MR) is 138 cm³/mol. The van der Waals surface area contributed by atoms with Crippen molar-refractivity contribution in [1.82, 2.24) is 9.88 Å². The van der Waals surface area contributed by atoms with Crippen molar-refractivity contribution >= 4 is 61.3 Å². The third-order valence-corrected chi connectivity index (χ3v) is 7.94. The zero-order valence-corrected chi connectivity index (χ0v) is 20.6. The molecule has 1 aliphatic heterocycles. The van der Waals surface area contributed by atoms with E-state index in [2.05, 4.69) is 15.9 Å². The molecule has 1 aliphatic carbocycles. The highest BCUT2D eigenvalue weighted by molar-refractivity contribution is 9.10. The Morgan fingerprint density at radius 1 is 1.03 bits per heavy atom. The van der Waals surface area contributed by atoms with Gasteiger partial charge in [-0.3, -0.25) is 9.69 Å². The molecule has 32 heavy (non-hydrogen) atoms. The molecule has 5 rings (SSSR count). The van der Waals surface area contributed by atoms with Crippen molar-refractivity contribution in [3.8, 4) is 11.3 Å². The summed E-state index contributed by atoms with van der Waals surface area (Å²) in [6, 6.07) is 18.3. The molecule has 2 aliphatic rings. The minimum atomic E-state index is 0.0587. The van der Waals surface area contributed by atoms with Crippen molar-refractivity contribution in [2.75, 3.05) is 0 Å². The Labute approximate surface area is 204 Å². The van der Waals surface area contributed by atoms with Crippen LogP contribution in [0.3, 0.4) is 0 Å². The van der Waals surface area contributed by atoms with Gasteiger partial charge in [0.05, 0.1) is 10.6 Å². The van der Waals surface area contributed by atoms with Crippen LogP contribution >= 0.6 is 39.0 Å². The Morgan fingerprint density at radius 2 is 1.78 bits per heavy atom. The van der Waals surface area contributed by atoms with Gasteiger partial charge in [-0.15, -0.1) is 11.3 Å². The topological polar surface area (TPSA) is 45.6 Å². The van der Waals surface area contributed by atoms with Gasteiger partial charge in [0.15, 0.2) is 5.17 Å². The molecule has 0 bridgehead atoms. The fourth-order valence-electron chi connectivity index (χ4n) is 4.08. The lowest BCUT2D eigenvalue weighted by molar-refractivity contribution is -0.124. The number of nitrogens with zero attached hydrogens (tertiary/aromatic N) is 3. The number of benzene rings is 2. The van der Waals surface area contributed by atoms with Crippen LogP contribution in [0.2, 0.25) is 0 Å². The minimum Gasteiger partial charge on any atom is -0.283 e. The average Bonchev–Trinajstić information content (AvgIpc) is 3.41. The SMILES string of the molecule is O=C1/C(=C/c2ccc(Br)cc2)S/C(=N/c2nc(-c3ccccc3)cs2)N1C1CCCCC1. The molecule has 2 heterocycles. The number of hydrogen-bond donors (Lipinski definition) is 0. The van der Waals surface area contributed by atoms with Crippen LogP contribution in [0.4, 0.5) is 5.13 Å². The number of hydrogen-bond acceptors (Lipinski definition) is 5. The van der Waals surface area contributed by atoms with E-state index in [9.17, 15) is 4.79 Å². The lowest BCUT2D eigenvalue weighted by Crippen LogP contribution is -2.40. The molecule has 162 valence electrons. The Morgan fingerprint density at radius 3 is 2.53 bits per heavy atom. The number of halogens is 1. The minimum absolute atomic E-state index is 0.0587. The van der Waals surface area contributed by atoms with Crippen molar-refractivity contribution in [2.24, 2.45) is 4.99 Å². The molecule has 0 radical (unpaired) electrons. The standard InChI is InChI=1S/C25H22BrN3OS2/c26-19-13-11-17(12-14-19)15-22-23(30)29(20-9-5-2-6-10-20)25(32-22)28-24-27-21(16-31-24)18-7-3-1-4-8-18/h1,3-4,7-8,11-16,20H,2,5-6,9-10H2/b22-15-,28-25+. The van der Waals surface area contributed by atoms with Crippen molar-refractivity contribution in [2.45, 2.75) is 38.1 Å². The molecular weight excluding hydrogens is 502 g/mol. The fraction of sp³-hybridized carbons (Fsp3) is 0.240. The number of carbonyl (C=O) groups excluding carboxylic acids is 1. The number of thiazole rings is 1. The summed E-state index contributed by atoms with van der Waals surface area (Å²) in [6.45, 7) is 0. The molecule has 1 aromatic heterocycles. The van der Waals surface area contributed by atoms with Gasteiger partial charge in [0, 0.05) is 21.5 Å². The van der Waals surface area contributed by atoms with E-state index in [0.717, 1.165) is 57.0 Å². The summed E-state index contributed by atoms with van der Waals surface area (Å²) in [7, 11) is 0. The first-order chi connectivity index (χ1) is 15.7. The summed E-state index contributed by atoms with van der Waals surface area (Å²) >= 11 is 6.45. The van der Waals surface area contributed by atoms with Gasteiger partial charge < -0.3 is 0 Å². The van der Waals surface area contributed by atoms with Gasteiger partial charge in [-0.05, 0) is 48.4 Å². The highest BCUT2D eigenvalue weighted by Crippen LogP contribution is 2.39. The fourth-order valence-corrected chi connectivity index (χ4v) is 6.13. The van der Waals surface area contributed by atoms with Crippen LogP contribution in [0.1, 0.15) is 37.7 Å².